The number of nitrogens with one attached hydrogen (secondary N) is 1. The summed E-state index contributed by atoms with van der Waals surface area (Å²) < 4.78 is 108. The standard InChI is InChI=1S/C26H23ClF7N7O4.C5H12/c1-36-23(35)40(22(42)13-4-6-17(44-2)19(29)18(13)28)16(10-45-24(43)39-25(7-8-25)26(32,33)34)12-3-5-14(27)15(9-12)41-21(20(30)31)37-11-38-41;1-5(2,3)4/h3-6,9,11,16,20H,7-8,10H2,1-2H3,(H2,35,36)(H,39,43);1-4H3. The van der Waals surface area contributed by atoms with Crippen molar-refractivity contribution in [2.75, 3.05) is 20.8 Å². The number of halogens is 8. The van der Waals surface area contributed by atoms with Gasteiger partial charge in [0.05, 0.1) is 29.4 Å². The van der Waals surface area contributed by atoms with E-state index in [0.29, 0.717) is 15.0 Å². The van der Waals surface area contributed by atoms with Crippen molar-refractivity contribution in [1.29, 1.82) is 0 Å². The summed E-state index contributed by atoms with van der Waals surface area (Å²) in [6.07, 6.45) is -9.39. The van der Waals surface area contributed by atoms with E-state index < -0.39 is 90.4 Å². The molecule has 1 aliphatic rings. The van der Waals surface area contributed by atoms with Gasteiger partial charge in [0.25, 0.3) is 12.3 Å². The molecule has 11 nitrogen and oxygen atoms in total. The highest BCUT2D eigenvalue weighted by Gasteiger charge is 2.64. The van der Waals surface area contributed by atoms with Crippen LogP contribution in [0.25, 0.3) is 5.69 Å². The fraction of sp³-hybridized carbons (Fsp3) is 0.452. The molecular weight excluding hydrogens is 703 g/mol. The Bertz CT molecular complexity index is 1720. The number of carbonyl (C=O) groups excluding carboxylic acids is 2. The molecule has 1 fully saturated rings. The minimum atomic E-state index is -4.78. The summed E-state index contributed by atoms with van der Waals surface area (Å²) >= 11 is 6.25. The number of ether oxygens (including phenoxy) is 2. The molecule has 3 aromatic rings. The van der Waals surface area contributed by atoms with E-state index in [1.165, 1.54) is 12.1 Å². The Kier molecular flexibility index (Phi) is 12.4. The maximum atomic E-state index is 15.0. The van der Waals surface area contributed by atoms with Crippen LogP contribution in [0.2, 0.25) is 5.02 Å². The first kappa shape index (κ1) is 39.8. The zero-order valence-electron chi connectivity index (χ0n) is 27.7. The number of hydrogen-bond donors (Lipinski definition) is 2. The Hall–Kier alpha value is -4.61. The molecule has 0 aliphatic heterocycles. The van der Waals surface area contributed by atoms with Crippen LogP contribution in [-0.2, 0) is 4.74 Å². The van der Waals surface area contributed by atoms with Gasteiger partial charge in [-0.15, -0.1) is 0 Å². The summed E-state index contributed by atoms with van der Waals surface area (Å²) in [5.41, 5.74) is 2.83. The van der Waals surface area contributed by atoms with E-state index in [9.17, 15) is 35.9 Å². The van der Waals surface area contributed by atoms with Crippen molar-refractivity contribution < 1.29 is 49.8 Å². The number of carbonyl (C=O) groups is 2. The minimum absolute atomic E-state index is 0.0794. The molecular formula is C31H35ClF7N7O4. The third-order valence-corrected chi connectivity index (χ3v) is 7.18. The van der Waals surface area contributed by atoms with Crippen LogP contribution < -0.4 is 15.8 Å². The molecule has 1 atom stereocenters. The van der Waals surface area contributed by atoms with Gasteiger partial charge in [-0.05, 0) is 48.1 Å². The number of hydrogen-bond acceptors (Lipinski definition) is 7. The van der Waals surface area contributed by atoms with E-state index in [1.807, 2.05) is 0 Å². The topological polar surface area (TPSA) is 137 Å². The average Bonchev–Trinajstić information content (AvgIpc) is 3.65. The molecule has 1 heterocycles. The number of nitrogens with two attached hydrogens (primary N) is 1. The summed E-state index contributed by atoms with van der Waals surface area (Å²) in [7, 11) is 2.19. The minimum Gasteiger partial charge on any atom is -0.494 e. The predicted octanol–water partition coefficient (Wildman–Crippen LogP) is 7.15. The molecule has 3 N–H and O–H groups in total. The third-order valence-electron chi connectivity index (χ3n) is 6.86. The van der Waals surface area contributed by atoms with Crippen LogP contribution in [0.5, 0.6) is 5.75 Å². The van der Waals surface area contributed by atoms with Crippen LogP contribution in [0.1, 0.15) is 74.7 Å². The van der Waals surface area contributed by atoms with E-state index >= 15 is 4.39 Å². The molecule has 2 aromatic carbocycles. The fourth-order valence-electron chi connectivity index (χ4n) is 4.29. The lowest BCUT2D eigenvalue weighted by Crippen LogP contribution is -2.49. The lowest BCUT2D eigenvalue weighted by molar-refractivity contribution is -0.164. The van der Waals surface area contributed by atoms with E-state index in [1.54, 1.807) is 5.32 Å². The molecule has 1 aliphatic carbocycles. The van der Waals surface area contributed by atoms with Crippen LogP contribution in [0.4, 0.5) is 35.5 Å². The molecule has 50 heavy (non-hydrogen) atoms. The number of benzene rings is 2. The number of alkyl halides is 5. The molecule has 4 rings (SSSR count). The van der Waals surface area contributed by atoms with Crippen LogP contribution in [-0.4, -0.2) is 70.1 Å². The van der Waals surface area contributed by atoms with Gasteiger partial charge in [-0.2, -0.15) is 22.7 Å². The Balaban J connectivity index is 0.00000126. The van der Waals surface area contributed by atoms with E-state index in [2.05, 4.69) is 42.8 Å². The summed E-state index contributed by atoms with van der Waals surface area (Å²) in [6, 6.07) is 3.74. The molecule has 1 unspecified atom stereocenters. The molecule has 0 saturated heterocycles. The number of alkyl carbamates (subject to hydrolysis) is 1. The molecule has 0 radical (unpaired) electrons. The van der Waals surface area contributed by atoms with Crippen molar-refractivity contribution in [2.24, 2.45) is 16.1 Å². The van der Waals surface area contributed by atoms with Gasteiger partial charge < -0.3 is 20.5 Å². The number of guanidine groups is 1. The van der Waals surface area contributed by atoms with Gasteiger partial charge in [0, 0.05) is 7.05 Å². The lowest BCUT2D eigenvalue weighted by Gasteiger charge is -2.31. The van der Waals surface area contributed by atoms with Crippen LogP contribution >= 0.6 is 11.6 Å². The second-order valence-electron chi connectivity index (χ2n) is 12.6. The van der Waals surface area contributed by atoms with Crippen LogP contribution in [0.3, 0.4) is 0 Å². The third kappa shape index (κ3) is 9.34. The quantitative estimate of drug-likeness (QED) is 0.135. The zero-order chi connectivity index (χ0) is 37.8. The highest BCUT2D eigenvalue weighted by molar-refractivity contribution is 6.32. The Labute approximate surface area is 287 Å². The van der Waals surface area contributed by atoms with E-state index in [4.69, 9.17) is 26.8 Å². The van der Waals surface area contributed by atoms with Gasteiger partial charge in [0.1, 0.15) is 18.5 Å². The van der Waals surface area contributed by atoms with Gasteiger partial charge in [0.2, 0.25) is 5.82 Å². The highest BCUT2D eigenvalue weighted by Crippen LogP contribution is 2.49. The average molecular weight is 738 g/mol. The largest absolute Gasteiger partial charge is 0.494 e. The smallest absolute Gasteiger partial charge is 0.411 e. The summed E-state index contributed by atoms with van der Waals surface area (Å²) in [4.78, 5) is 34.1. The molecule has 1 saturated carbocycles. The highest BCUT2D eigenvalue weighted by atomic mass is 35.5. The van der Waals surface area contributed by atoms with Crippen LogP contribution in [0.15, 0.2) is 41.7 Å². The van der Waals surface area contributed by atoms with Gasteiger partial charge >= 0.3 is 12.3 Å². The maximum absolute atomic E-state index is 15.0. The molecule has 1 aromatic heterocycles. The molecule has 274 valence electrons. The number of nitrogens with zero attached hydrogens (tertiary/aromatic N) is 5. The predicted molar refractivity (Wildman–Crippen MR) is 168 cm³/mol. The van der Waals surface area contributed by atoms with Crippen molar-refractivity contribution in [2.45, 2.75) is 64.7 Å². The van der Waals surface area contributed by atoms with Gasteiger partial charge in [-0.1, -0.05) is 45.4 Å². The fourth-order valence-corrected chi connectivity index (χ4v) is 4.49. The van der Waals surface area contributed by atoms with Gasteiger partial charge in [0.15, 0.2) is 23.4 Å². The number of methoxy groups -OCH3 is 1. The molecule has 19 heteroatoms. The summed E-state index contributed by atoms with van der Waals surface area (Å²) in [5, 5.41) is 5.35. The molecule has 0 spiro atoms. The normalized spacial score (nSPS) is 14.7. The summed E-state index contributed by atoms with van der Waals surface area (Å²) in [5.74, 6) is -6.49. The molecule has 0 bridgehead atoms. The lowest BCUT2D eigenvalue weighted by atomic mass is 10.0. The first-order valence-electron chi connectivity index (χ1n) is 14.7. The van der Waals surface area contributed by atoms with Crippen molar-refractivity contribution in [3.8, 4) is 11.4 Å². The van der Waals surface area contributed by atoms with Crippen LogP contribution in [0, 0.1) is 17.0 Å². The van der Waals surface area contributed by atoms with Crippen molar-refractivity contribution in [1.82, 2.24) is 25.0 Å². The van der Waals surface area contributed by atoms with Crippen molar-refractivity contribution in [3.05, 3.63) is 70.3 Å². The summed E-state index contributed by atoms with van der Waals surface area (Å²) in [6.45, 7) is 7.81. The number of rotatable bonds is 9. The van der Waals surface area contributed by atoms with Gasteiger partial charge in [-0.25, -0.2) is 27.6 Å². The Morgan fingerprint density at radius 1 is 1.12 bits per heavy atom. The monoisotopic (exact) mass is 737 g/mol. The number of aliphatic imine (C=N–C) groups is 1. The van der Waals surface area contributed by atoms with Crippen molar-refractivity contribution >= 4 is 29.6 Å². The second-order valence-corrected chi connectivity index (χ2v) is 13.0. The first-order chi connectivity index (χ1) is 23.2. The van der Waals surface area contributed by atoms with Gasteiger partial charge in [-0.3, -0.25) is 14.7 Å². The Morgan fingerprint density at radius 2 is 1.74 bits per heavy atom. The van der Waals surface area contributed by atoms with E-state index in [0.717, 1.165) is 38.7 Å². The Morgan fingerprint density at radius 3 is 2.26 bits per heavy atom. The number of aromatic nitrogens is 3. The zero-order valence-corrected chi connectivity index (χ0v) is 28.5. The van der Waals surface area contributed by atoms with E-state index in [-0.39, 0.29) is 16.3 Å². The second kappa shape index (κ2) is 15.5. The maximum Gasteiger partial charge on any atom is 0.411 e. The first-order valence-corrected chi connectivity index (χ1v) is 15.1. The number of amides is 2. The SMILES string of the molecule is CC(C)(C)C.CN=C(N)N(C(=O)c1ccc(OC)c(F)c1F)C(COC(=O)NC1(C(F)(F)F)CC1)c1ccc(Cl)c(-n2ncnc2C(F)F)c1. The molecule has 2 amide bonds. The van der Waals surface area contributed by atoms with Crippen molar-refractivity contribution in [3.63, 3.8) is 0 Å².